The number of sulfone groups is 1. The average Bonchev–Trinajstić information content (AvgIpc) is 2.92. The maximum Gasteiger partial charge on any atom is 0.501 e. The van der Waals surface area contributed by atoms with Crippen molar-refractivity contribution in [1.29, 1.82) is 0 Å². The number of halogens is 3. The molecule has 132 valence electrons. The molecule has 9 heteroatoms. The van der Waals surface area contributed by atoms with Gasteiger partial charge in [0.2, 0.25) is 0 Å². The minimum Gasteiger partial charge on any atom is -0.463 e. The summed E-state index contributed by atoms with van der Waals surface area (Å²) in [6, 6.07) is 7.43. The van der Waals surface area contributed by atoms with E-state index in [2.05, 4.69) is 5.32 Å². The summed E-state index contributed by atoms with van der Waals surface area (Å²) in [5.41, 5.74) is -6.33. The van der Waals surface area contributed by atoms with Gasteiger partial charge in [-0.3, -0.25) is 0 Å². The van der Waals surface area contributed by atoms with Crippen LogP contribution < -0.4 is 5.32 Å². The zero-order valence-corrected chi connectivity index (χ0v) is 13.7. The third kappa shape index (κ3) is 3.73. The molecule has 0 amide bonds. The zero-order chi connectivity index (χ0) is 18.2. The van der Waals surface area contributed by atoms with Gasteiger partial charge in [0.05, 0.1) is 11.4 Å². The van der Waals surface area contributed by atoms with E-state index in [9.17, 15) is 26.7 Å². The smallest absolute Gasteiger partial charge is 0.463 e. The first kappa shape index (κ1) is 18.3. The fraction of sp³-hybridized carbons (Fsp3) is 0.333. The second-order valence-electron chi connectivity index (χ2n) is 5.51. The van der Waals surface area contributed by atoms with Gasteiger partial charge >= 0.3 is 5.51 Å². The standard InChI is InChI=1S/C15H16F3NO4S/c1-10-3-8-13(23-10)14(2,20)9-19-11-4-6-12(7-5-11)24(21,22)15(16,17)18/h3-8,19-20H,9H2,1-2H3/t14-/m1/s1. The van der Waals surface area contributed by atoms with Gasteiger partial charge in [0.1, 0.15) is 17.1 Å². The molecule has 24 heavy (non-hydrogen) atoms. The van der Waals surface area contributed by atoms with Gasteiger partial charge in [-0.25, -0.2) is 8.42 Å². The highest BCUT2D eigenvalue weighted by molar-refractivity contribution is 7.92. The molecule has 1 aromatic heterocycles. The molecule has 0 fully saturated rings. The quantitative estimate of drug-likeness (QED) is 0.853. The van der Waals surface area contributed by atoms with Crippen LogP contribution in [0.3, 0.4) is 0 Å². The van der Waals surface area contributed by atoms with Gasteiger partial charge in [-0.15, -0.1) is 0 Å². The molecule has 0 saturated carbocycles. The summed E-state index contributed by atoms with van der Waals surface area (Å²) in [7, 11) is -5.37. The van der Waals surface area contributed by atoms with E-state index in [1.807, 2.05) is 0 Å². The molecule has 1 heterocycles. The Labute approximate surface area is 137 Å². The Morgan fingerprint density at radius 3 is 2.17 bits per heavy atom. The summed E-state index contributed by atoms with van der Waals surface area (Å²) >= 11 is 0. The summed E-state index contributed by atoms with van der Waals surface area (Å²) in [5, 5.41) is 13.2. The van der Waals surface area contributed by atoms with Crippen LogP contribution in [0, 0.1) is 6.92 Å². The number of benzene rings is 1. The van der Waals surface area contributed by atoms with Gasteiger partial charge in [0.25, 0.3) is 9.84 Å². The van der Waals surface area contributed by atoms with E-state index in [0.29, 0.717) is 17.2 Å². The summed E-state index contributed by atoms with van der Waals surface area (Å²) in [4.78, 5) is -0.839. The van der Waals surface area contributed by atoms with Crippen molar-refractivity contribution < 1.29 is 31.1 Å². The molecule has 0 aliphatic rings. The molecule has 0 bridgehead atoms. The SMILES string of the molecule is Cc1ccc([C@](C)(O)CNc2ccc(S(=O)(=O)C(F)(F)F)cc2)o1. The van der Waals surface area contributed by atoms with E-state index in [0.717, 1.165) is 12.1 Å². The highest BCUT2D eigenvalue weighted by atomic mass is 32.2. The number of hydrogen-bond acceptors (Lipinski definition) is 5. The lowest BCUT2D eigenvalue weighted by Gasteiger charge is -2.22. The molecular weight excluding hydrogens is 347 g/mol. The van der Waals surface area contributed by atoms with Crippen molar-refractivity contribution in [3.05, 3.63) is 47.9 Å². The lowest BCUT2D eigenvalue weighted by Crippen LogP contribution is -2.30. The minimum absolute atomic E-state index is 0.0192. The Morgan fingerprint density at radius 2 is 1.71 bits per heavy atom. The van der Waals surface area contributed by atoms with E-state index < -0.39 is 25.8 Å². The molecule has 2 N–H and O–H groups in total. The van der Waals surface area contributed by atoms with Crippen molar-refractivity contribution in [3.8, 4) is 0 Å². The second kappa shape index (κ2) is 6.14. The van der Waals surface area contributed by atoms with Gasteiger partial charge in [0.15, 0.2) is 0 Å². The van der Waals surface area contributed by atoms with Gasteiger partial charge < -0.3 is 14.8 Å². The Hall–Kier alpha value is -2.00. The van der Waals surface area contributed by atoms with Gasteiger partial charge in [-0.05, 0) is 50.2 Å². The molecule has 1 aromatic carbocycles. The lowest BCUT2D eigenvalue weighted by atomic mass is 10.0. The van der Waals surface area contributed by atoms with Crippen molar-refractivity contribution in [2.45, 2.75) is 29.9 Å². The molecule has 0 saturated heterocycles. The molecule has 0 unspecified atom stereocenters. The Balaban J connectivity index is 2.10. The van der Waals surface area contributed by atoms with Crippen molar-refractivity contribution >= 4 is 15.5 Å². The van der Waals surface area contributed by atoms with Crippen molar-refractivity contribution in [2.24, 2.45) is 0 Å². The minimum atomic E-state index is -5.37. The van der Waals surface area contributed by atoms with Gasteiger partial charge in [-0.1, -0.05) is 0 Å². The summed E-state index contributed by atoms with van der Waals surface area (Å²) in [6.07, 6.45) is 0. The van der Waals surface area contributed by atoms with Crippen LogP contribution >= 0.6 is 0 Å². The van der Waals surface area contributed by atoms with Crippen LogP contribution in [0.5, 0.6) is 0 Å². The third-order valence-electron chi connectivity index (χ3n) is 3.38. The van der Waals surface area contributed by atoms with E-state index >= 15 is 0 Å². The molecule has 2 aromatic rings. The van der Waals surface area contributed by atoms with Crippen LogP contribution in [0.2, 0.25) is 0 Å². The lowest BCUT2D eigenvalue weighted by molar-refractivity contribution is -0.0436. The predicted molar refractivity (Wildman–Crippen MR) is 81.2 cm³/mol. The maximum atomic E-state index is 12.5. The van der Waals surface area contributed by atoms with E-state index in [1.54, 1.807) is 19.1 Å². The number of aliphatic hydroxyl groups is 1. The van der Waals surface area contributed by atoms with Gasteiger partial charge in [-0.2, -0.15) is 13.2 Å². The van der Waals surface area contributed by atoms with Crippen molar-refractivity contribution in [1.82, 2.24) is 0 Å². The average molecular weight is 363 g/mol. The van der Waals surface area contributed by atoms with E-state index in [-0.39, 0.29) is 6.54 Å². The van der Waals surface area contributed by atoms with Gasteiger partial charge in [0, 0.05) is 5.69 Å². The number of furan rings is 1. The molecular formula is C15H16F3NO4S. The molecule has 0 aliphatic carbocycles. The molecule has 0 aliphatic heterocycles. The van der Waals surface area contributed by atoms with Crippen LogP contribution in [-0.4, -0.2) is 25.6 Å². The Morgan fingerprint density at radius 1 is 1.12 bits per heavy atom. The molecule has 1 atom stereocenters. The predicted octanol–water partition coefficient (Wildman–Crippen LogP) is 3.20. The van der Waals surface area contributed by atoms with E-state index in [1.165, 1.54) is 19.1 Å². The molecule has 5 nitrogen and oxygen atoms in total. The van der Waals surface area contributed by atoms with Crippen molar-refractivity contribution in [2.75, 3.05) is 11.9 Å². The highest BCUT2D eigenvalue weighted by Gasteiger charge is 2.46. The maximum absolute atomic E-state index is 12.5. The van der Waals surface area contributed by atoms with Crippen LogP contribution in [-0.2, 0) is 15.4 Å². The van der Waals surface area contributed by atoms with Crippen LogP contribution in [0.4, 0.5) is 18.9 Å². The normalized spacial score (nSPS) is 15.1. The summed E-state index contributed by atoms with van der Waals surface area (Å²) in [6.45, 7) is 3.26. The Bertz CT molecular complexity index is 808. The van der Waals surface area contributed by atoms with Crippen LogP contribution in [0.15, 0.2) is 45.7 Å². The second-order valence-corrected chi connectivity index (χ2v) is 7.45. The fourth-order valence-electron chi connectivity index (χ4n) is 1.97. The number of anilines is 1. The Kier molecular flexibility index (Phi) is 4.69. The summed E-state index contributed by atoms with van der Waals surface area (Å²) in [5.74, 6) is 0.968. The largest absolute Gasteiger partial charge is 0.501 e. The number of hydrogen-bond donors (Lipinski definition) is 2. The zero-order valence-electron chi connectivity index (χ0n) is 12.9. The van der Waals surface area contributed by atoms with Crippen LogP contribution in [0.1, 0.15) is 18.4 Å². The molecule has 2 rings (SSSR count). The number of alkyl halides is 3. The number of rotatable bonds is 5. The monoisotopic (exact) mass is 363 g/mol. The summed E-state index contributed by atoms with van der Waals surface area (Å²) < 4.78 is 65.3. The topological polar surface area (TPSA) is 79.5 Å². The third-order valence-corrected chi connectivity index (χ3v) is 4.88. The number of aryl methyl sites for hydroxylation is 1. The molecule has 0 radical (unpaired) electrons. The molecule has 0 spiro atoms. The van der Waals surface area contributed by atoms with Crippen molar-refractivity contribution in [3.63, 3.8) is 0 Å². The first-order chi connectivity index (χ1) is 10.9. The first-order valence-electron chi connectivity index (χ1n) is 6.88. The highest BCUT2D eigenvalue weighted by Crippen LogP contribution is 2.31. The fourth-order valence-corrected chi connectivity index (χ4v) is 2.73. The van der Waals surface area contributed by atoms with E-state index in [4.69, 9.17) is 4.42 Å². The number of nitrogens with one attached hydrogen (secondary N) is 1. The first-order valence-corrected chi connectivity index (χ1v) is 8.36. The van der Waals surface area contributed by atoms with Crippen LogP contribution in [0.25, 0.3) is 0 Å².